The first-order valence-corrected chi connectivity index (χ1v) is 6.90. The summed E-state index contributed by atoms with van der Waals surface area (Å²) in [5.41, 5.74) is 2.60. The average molecular weight is 278 g/mol. The van der Waals surface area contributed by atoms with Crippen LogP contribution in [-0.4, -0.2) is 4.98 Å². The van der Waals surface area contributed by atoms with Gasteiger partial charge in [-0.15, -0.1) is 0 Å². The summed E-state index contributed by atoms with van der Waals surface area (Å²) in [7, 11) is 0. The molecule has 0 aliphatic carbocycles. The van der Waals surface area contributed by atoms with Crippen LogP contribution in [0.2, 0.25) is 0 Å². The van der Waals surface area contributed by atoms with Crippen LogP contribution in [0.3, 0.4) is 0 Å². The first-order valence-electron chi connectivity index (χ1n) is 5.78. The number of benzene rings is 1. The van der Waals surface area contributed by atoms with E-state index in [-0.39, 0.29) is 0 Å². The van der Waals surface area contributed by atoms with Crippen LogP contribution in [0.5, 0.6) is 0 Å². The Kier molecular flexibility index (Phi) is 3.94. The van der Waals surface area contributed by atoms with Gasteiger partial charge >= 0.3 is 0 Å². The molecular formula is C14H16BrN. The SMILES string of the molecule is CCCCc1c(CBr)ncc2ccccc12. The number of hydrogen-bond donors (Lipinski definition) is 0. The van der Waals surface area contributed by atoms with Crippen LogP contribution < -0.4 is 0 Å². The molecule has 0 saturated heterocycles. The summed E-state index contributed by atoms with van der Waals surface area (Å²) in [6.07, 6.45) is 5.56. The van der Waals surface area contributed by atoms with Crippen LogP contribution in [0.15, 0.2) is 30.5 Å². The summed E-state index contributed by atoms with van der Waals surface area (Å²) < 4.78 is 0. The minimum absolute atomic E-state index is 0.844. The third-order valence-electron chi connectivity index (χ3n) is 2.90. The second-order valence-corrected chi connectivity index (χ2v) is 4.57. The van der Waals surface area contributed by atoms with Crippen LogP contribution in [0, 0.1) is 0 Å². The van der Waals surface area contributed by atoms with Gasteiger partial charge in [0, 0.05) is 16.9 Å². The van der Waals surface area contributed by atoms with Gasteiger partial charge in [-0.3, -0.25) is 4.98 Å². The lowest BCUT2D eigenvalue weighted by molar-refractivity contribution is 0.790. The molecule has 2 aromatic rings. The van der Waals surface area contributed by atoms with E-state index in [2.05, 4.69) is 52.1 Å². The third-order valence-corrected chi connectivity index (χ3v) is 3.43. The molecule has 0 radical (unpaired) electrons. The molecule has 16 heavy (non-hydrogen) atoms. The Morgan fingerprint density at radius 2 is 2.06 bits per heavy atom. The van der Waals surface area contributed by atoms with E-state index < -0.39 is 0 Å². The first kappa shape index (κ1) is 11.6. The van der Waals surface area contributed by atoms with Gasteiger partial charge in [-0.25, -0.2) is 0 Å². The number of rotatable bonds is 4. The second-order valence-electron chi connectivity index (χ2n) is 4.01. The highest BCUT2D eigenvalue weighted by atomic mass is 79.9. The molecule has 0 aliphatic rings. The number of unbranched alkanes of at least 4 members (excludes halogenated alkanes) is 1. The number of hydrogen-bond acceptors (Lipinski definition) is 1. The molecule has 0 saturated carbocycles. The smallest absolute Gasteiger partial charge is 0.0547 e. The minimum Gasteiger partial charge on any atom is -0.259 e. The Morgan fingerprint density at radius 1 is 1.25 bits per heavy atom. The zero-order valence-electron chi connectivity index (χ0n) is 9.54. The average Bonchev–Trinajstić information content (AvgIpc) is 2.35. The van der Waals surface area contributed by atoms with Gasteiger partial charge in [-0.1, -0.05) is 53.5 Å². The predicted molar refractivity (Wildman–Crippen MR) is 73.0 cm³/mol. The van der Waals surface area contributed by atoms with Crippen molar-refractivity contribution in [3.8, 4) is 0 Å². The highest BCUT2D eigenvalue weighted by molar-refractivity contribution is 9.08. The lowest BCUT2D eigenvalue weighted by Crippen LogP contribution is -1.97. The van der Waals surface area contributed by atoms with Crippen LogP contribution in [0.1, 0.15) is 31.0 Å². The van der Waals surface area contributed by atoms with E-state index in [1.165, 1.54) is 34.9 Å². The van der Waals surface area contributed by atoms with Crippen LogP contribution in [0.25, 0.3) is 10.8 Å². The molecule has 0 bridgehead atoms. The summed E-state index contributed by atoms with van der Waals surface area (Å²) in [6.45, 7) is 2.23. The fraction of sp³-hybridized carbons (Fsp3) is 0.357. The molecule has 2 rings (SSSR count). The van der Waals surface area contributed by atoms with Gasteiger partial charge in [0.2, 0.25) is 0 Å². The standard InChI is InChI=1S/C14H16BrN/c1-2-3-7-13-12-8-5-4-6-11(12)10-16-14(13)9-15/h4-6,8,10H,2-3,7,9H2,1H3. The molecule has 0 N–H and O–H groups in total. The molecule has 0 spiro atoms. The summed E-state index contributed by atoms with van der Waals surface area (Å²) in [6, 6.07) is 8.52. The zero-order valence-corrected chi connectivity index (χ0v) is 11.1. The van der Waals surface area contributed by atoms with Crippen molar-refractivity contribution in [3.63, 3.8) is 0 Å². The van der Waals surface area contributed by atoms with E-state index in [1.807, 2.05) is 6.20 Å². The zero-order chi connectivity index (χ0) is 11.4. The van der Waals surface area contributed by atoms with Crippen molar-refractivity contribution < 1.29 is 0 Å². The van der Waals surface area contributed by atoms with Gasteiger partial charge in [0.25, 0.3) is 0 Å². The topological polar surface area (TPSA) is 12.9 Å². The molecule has 1 aromatic carbocycles. The summed E-state index contributed by atoms with van der Waals surface area (Å²) in [5, 5.41) is 3.45. The number of nitrogens with zero attached hydrogens (tertiary/aromatic N) is 1. The van der Waals surface area contributed by atoms with E-state index in [1.54, 1.807) is 0 Å². The highest BCUT2D eigenvalue weighted by Crippen LogP contribution is 2.23. The Bertz CT molecular complexity index is 479. The number of pyridine rings is 1. The van der Waals surface area contributed by atoms with Crippen molar-refractivity contribution in [2.45, 2.75) is 31.5 Å². The third kappa shape index (κ3) is 2.27. The molecule has 1 aromatic heterocycles. The van der Waals surface area contributed by atoms with Crippen molar-refractivity contribution in [2.24, 2.45) is 0 Å². The molecular weight excluding hydrogens is 262 g/mol. The molecule has 0 amide bonds. The molecule has 0 aliphatic heterocycles. The Hall–Kier alpha value is -0.890. The quantitative estimate of drug-likeness (QED) is 0.752. The Labute approximate surface area is 105 Å². The van der Waals surface area contributed by atoms with Crippen molar-refractivity contribution in [3.05, 3.63) is 41.7 Å². The van der Waals surface area contributed by atoms with Gasteiger partial charge in [0.05, 0.1) is 5.69 Å². The van der Waals surface area contributed by atoms with Gasteiger partial charge in [-0.2, -0.15) is 0 Å². The molecule has 2 heteroatoms. The highest BCUT2D eigenvalue weighted by Gasteiger charge is 2.07. The van der Waals surface area contributed by atoms with Gasteiger partial charge < -0.3 is 0 Å². The minimum atomic E-state index is 0.844. The second kappa shape index (κ2) is 5.44. The van der Waals surface area contributed by atoms with E-state index in [4.69, 9.17) is 0 Å². The van der Waals surface area contributed by atoms with Crippen molar-refractivity contribution in [1.29, 1.82) is 0 Å². The maximum atomic E-state index is 4.53. The van der Waals surface area contributed by atoms with Crippen LogP contribution in [-0.2, 0) is 11.8 Å². The fourth-order valence-electron chi connectivity index (χ4n) is 2.01. The van der Waals surface area contributed by atoms with Crippen LogP contribution in [0.4, 0.5) is 0 Å². The predicted octanol–water partition coefficient (Wildman–Crippen LogP) is 4.47. The molecule has 1 nitrogen and oxygen atoms in total. The van der Waals surface area contributed by atoms with E-state index in [0.29, 0.717) is 0 Å². The molecule has 0 atom stereocenters. The number of alkyl halides is 1. The molecule has 1 heterocycles. The number of fused-ring (bicyclic) bond motifs is 1. The van der Waals surface area contributed by atoms with E-state index in [0.717, 1.165) is 11.8 Å². The number of aryl methyl sites for hydroxylation is 1. The monoisotopic (exact) mass is 277 g/mol. The van der Waals surface area contributed by atoms with Gasteiger partial charge in [0.1, 0.15) is 0 Å². The Balaban J connectivity index is 2.54. The van der Waals surface area contributed by atoms with Gasteiger partial charge in [-0.05, 0) is 23.8 Å². The lowest BCUT2D eigenvalue weighted by Gasteiger charge is -2.10. The Morgan fingerprint density at radius 3 is 2.81 bits per heavy atom. The normalized spacial score (nSPS) is 10.9. The first-order chi connectivity index (χ1) is 7.86. The van der Waals surface area contributed by atoms with E-state index >= 15 is 0 Å². The maximum Gasteiger partial charge on any atom is 0.0547 e. The van der Waals surface area contributed by atoms with Gasteiger partial charge in [0.15, 0.2) is 0 Å². The summed E-state index contributed by atoms with van der Waals surface area (Å²) >= 11 is 3.52. The summed E-state index contributed by atoms with van der Waals surface area (Å²) in [5.74, 6) is 0. The van der Waals surface area contributed by atoms with Crippen molar-refractivity contribution in [2.75, 3.05) is 0 Å². The fourth-order valence-corrected chi connectivity index (χ4v) is 2.50. The molecule has 84 valence electrons. The number of aromatic nitrogens is 1. The molecule has 0 fully saturated rings. The summed E-state index contributed by atoms with van der Waals surface area (Å²) in [4.78, 5) is 4.53. The van der Waals surface area contributed by atoms with Crippen molar-refractivity contribution >= 4 is 26.7 Å². The molecule has 0 unspecified atom stereocenters. The maximum absolute atomic E-state index is 4.53. The largest absolute Gasteiger partial charge is 0.259 e. The number of halogens is 1. The van der Waals surface area contributed by atoms with Crippen LogP contribution >= 0.6 is 15.9 Å². The lowest BCUT2D eigenvalue weighted by atomic mass is 10.0. The van der Waals surface area contributed by atoms with E-state index in [9.17, 15) is 0 Å². The van der Waals surface area contributed by atoms with Crippen molar-refractivity contribution in [1.82, 2.24) is 4.98 Å².